The number of ether oxygens (including phenoxy) is 10. The topological polar surface area (TPSA) is 104 Å². The van der Waals surface area contributed by atoms with Crippen molar-refractivity contribution >= 4 is 16.8 Å². The molecule has 0 unspecified atom stereocenters. The summed E-state index contributed by atoms with van der Waals surface area (Å²) in [6.45, 7) is 19.1. The maximum atomic E-state index is 6.37. The van der Waals surface area contributed by atoms with Gasteiger partial charge in [0.15, 0.2) is 0 Å². The molecule has 11 aromatic rings. The lowest BCUT2D eigenvalue weighted by Crippen LogP contribution is -2.31. The smallest absolute Gasteiger partial charge is 0.125 e. The largest absolute Gasteiger partial charge is 0.491 e. The summed E-state index contributed by atoms with van der Waals surface area (Å²) in [5, 5.41) is 3.39. The number of allylic oxidation sites excluding steroid dienone is 6. The Labute approximate surface area is 657 Å². The number of rotatable bonds is 41. The average Bonchev–Trinajstić information content (AvgIpc) is 0.782. The molecule has 11 heteroatoms. The van der Waals surface area contributed by atoms with Crippen LogP contribution in [0.3, 0.4) is 0 Å². The monoisotopic (exact) mass is 1480 g/mol. The number of benzene rings is 11. The molecular weight excluding hydrogens is 1380 g/mol. The van der Waals surface area contributed by atoms with E-state index in [-0.39, 0.29) is 0 Å². The van der Waals surface area contributed by atoms with Crippen LogP contribution in [0, 0.1) is 46.5 Å². The number of anilines is 1. The van der Waals surface area contributed by atoms with Gasteiger partial charge in [0.2, 0.25) is 0 Å². The highest BCUT2D eigenvalue weighted by atomic mass is 16.6. The van der Waals surface area contributed by atoms with Gasteiger partial charge in [0.1, 0.15) is 43.7 Å². The minimum absolute atomic E-state index is 0.339. The maximum absolute atomic E-state index is 6.37. The van der Waals surface area contributed by atoms with Crippen LogP contribution in [-0.2, 0) is 57.2 Å². The van der Waals surface area contributed by atoms with Gasteiger partial charge in [-0.25, -0.2) is 0 Å². The zero-order valence-corrected chi connectivity index (χ0v) is 64.8. The molecule has 0 bridgehead atoms. The maximum Gasteiger partial charge on any atom is 0.125 e. The van der Waals surface area contributed by atoms with E-state index in [0.717, 1.165) is 68.3 Å². The van der Waals surface area contributed by atoms with Gasteiger partial charge in [-0.2, -0.15) is 0 Å². The van der Waals surface area contributed by atoms with Crippen molar-refractivity contribution in [2.24, 2.45) is 0 Å². The normalized spacial score (nSPS) is 12.2. The molecule has 0 atom stereocenters. The summed E-state index contributed by atoms with van der Waals surface area (Å²) in [4.78, 5) is 0. The molecule has 0 saturated carbocycles. The van der Waals surface area contributed by atoms with Gasteiger partial charge in [0.05, 0.1) is 103 Å². The minimum atomic E-state index is -0.518. The summed E-state index contributed by atoms with van der Waals surface area (Å²) >= 11 is 0. The van der Waals surface area contributed by atoms with E-state index in [0.29, 0.717) is 119 Å². The van der Waals surface area contributed by atoms with Gasteiger partial charge in [-0.05, 0) is 166 Å². The molecule has 11 aromatic carbocycles. The Morgan fingerprint density at radius 1 is 0.324 bits per heavy atom. The summed E-state index contributed by atoms with van der Waals surface area (Å²) in [5.41, 5.74) is 22.4. The first kappa shape index (κ1) is 79.7. The Morgan fingerprint density at radius 2 is 0.694 bits per heavy atom. The van der Waals surface area contributed by atoms with Crippen molar-refractivity contribution < 1.29 is 47.4 Å². The van der Waals surface area contributed by atoms with E-state index < -0.39 is 10.8 Å². The number of nitrogens with one attached hydrogen (secondary N) is 1. The lowest BCUT2D eigenvalue weighted by atomic mass is 9.64. The fraction of sp³-hybridized carbons (Fsp3) is 0.260. The number of hydrogen-bond donors (Lipinski definition) is 1. The SMILES string of the molecule is Cc1ccc(C(c2ccc(C)cc2)(c2ccc(C)cc2)c2ccc(OCCOCCOCCOc3ccc(C4=CC=C(c5ccc(NCC#CCOCCOCCOCc6ccc(COCCOCCOc7c(C)cc(C(c8ccccc8)(c8ccccc8)c8ccccc8)cc7C)cc6)cc5)C=CC4)cc3)cc2)cc1. The van der Waals surface area contributed by atoms with Crippen LogP contribution in [0.25, 0.3) is 11.1 Å². The zero-order chi connectivity index (χ0) is 76.6. The quantitative estimate of drug-likeness (QED) is 0.0225. The predicted octanol–water partition coefficient (Wildman–Crippen LogP) is 20.2. The van der Waals surface area contributed by atoms with Crippen LogP contribution in [0.4, 0.5) is 5.69 Å². The van der Waals surface area contributed by atoms with E-state index in [1.54, 1.807) is 0 Å². The van der Waals surface area contributed by atoms with Crippen LogP contribution in [0.5, 0.6) is 17.2 Å². The Balaban J connectivity index is 0.464. The van der Waals surface area contributed by atoms with Crippen LogP contribution in [0.15, 0.2) is 297 Å². The number of hydrogen-bond acceptors (Lipinski definition) is 11. The Hall–Kier alpha value is -10.9. The van der Waals surface area contributed by atoms with E-state index in [1.807, 2.05) is 12.1 Å². The molecule has 12 rings (SSSR count). The summed E-state index contributed by atoms with van der Waals surface area (Å²) in [5.74, 6) is 8.73. The third kappa shape index (κ3) is 22.0. The van der Waals surface area contributed by atoms with E-state index in [9.17, 15) is 0 Å². The van der Waals surface area contributed by atoms with Crippen molar-refractivity contribution in [2.75, 3.05) is 111 Å². The third-order valence-electron chi connectivity index (χ3n) is 20.0. The minimum Gasteiger partial charge on any atom is -0.491 e. The Bertz CT molecular complexity index is 4550. The highest BCUT2D eigenvalue weighted by Gasteiger charge is 2.40. The van der Waals surface area contributed by atoms with Crippen LogP contribution in [-0.4, -0.2) is 106 Å². The lowest BCUT2D eigenvalue weighted by molar-refractivity contribution is 0.0158. The van der Waals surface area contributed by atoms with E-state index >= 15 is 0 Å². The average molecular weight is 1480 g/mol. The number of aryl methyl sites for hydroxylation is 5. The first-order valence-corrected chi connectivity index (χ1v) is 38.7. The second-order valence-electron chi connectivity index (χ2n) is 27.9. The Morgan fingerprint density at radius 3 is 1.14 bits per heavy atom. The molecule has 0 fully saturated rings. The molecule has 0 aliphatic heterocycles. The molecule has 0 saturated heterocycles. The van der Waals surface area contributed by atoms with E-state index in [4.69, 9.17) is 47.4 Å². The highest BCUT2D eigenvalue weighted by Crippen LogP contribution is 2.48. The van der Waals surface area contributed by atoms with Gasteiger partial charge < -0.3 is 52.7 Å². The van der Waals surface area contributed by atoms with Crippen LogP contribution >= 0.6 is 0 Å². The van der Waals surface area contributed by atoms with Crippen molar-refractivity contribution in [3.63, 3.8) is 0 Å². The van der Waals surface area contributed by atoms with Crippen LogP contribution in [0.1, 0.15) is 101 Å². The van der Waals surface area contributed by atoms with Gasteiger partial charge in [-0.3, -0.25) is 0 Å². The summed E-state index contributed by atoms with van der Waals surface area (Å²) in [6.07, 6.45) is 9.63. The van der Waals surface area contributed by atoms with Gasteiger partial charge in [0.25, 0.3) is 0 Å². The van der Waals surface area contributed by atoms with Crippen LogP contribution < -0.4 is 19.5 Å². The summed E-state index contributed by atoms with van der Waals surface area (Å²) < 4.78 is 59.4. The molecule has 1 aliphatic rings. The van der Waals surface area contributed by atoms with E-state index in [2.05, 4.69) is 337 Å². The van der Waals surface area contributed by atoms with Gasteiger partial charge in [-0.15, -0.1) is 0 Å². The highest BCUT2D eigenvalue weighted by molar-refractivity contribution is 5.81. The van der Waals surface area contributed by atoms with Crippen molar-refractivity contribution in [1.82, 2.24) is 0 Å². The molecule has 0 heterocycles. The van der Waals surface area contributed by atoms with E-state index in [1.165, 1.54) is 66.8 Å². The predicted molar refractivity (Wildman–Crippen MR) is 448 cm³/mol. The second kappa shape index (κ2) is 41.8. The molecule has 111 heavy (non-hydrogen) atoms. The van der Waals surface area contributed by atoms with Gasteiger partial charge in [-0.1, -0.05) is 289 Å². The van der Waals surface area contributed by atoms with Gasteiger partial charge >= 0.3 is 0 Å². The summed E-state index contributed by atoms with van der Waals surface area (Å²) in [6, 6.07) is 97.3. The molecule has 1 aliphatic carbocycles. The Kier molecular flexibility index (Phi) is 30.0. The molecule has 0 amide bonds. The standard InChI is InChI=1S/C100H103NO10/c1-76-26-42-90(43-27-76)99(91-44-28-77(2)29-45-91,92-46-30-78(3)31-47-92)93-48-54-97(55-49-93)110-70-67-105-61-60-104-66-69-109-96-52-40-86(41-53-96)84-19-17-18-83(36-37-84)85-38-50-95(51-39-85)101-56-15-16-57-102-58-59-103-62-64-107-74-81-32-34-82(35-33-81)75-108-65-63-106-68-71-111-98-79(4)72-94(73-80(98)5)100(87-20-9-6-10-21-87,88-22-11-7-12-23-88)89-24-13-8-14-25-89/h6-14,17-18,20-55,72-73,101H,19,56-71,74-75H2,1-5H3. The van der Waals surface area contributed by atoms with Crippen molar-refractivity contribution in [1.29, 1.82) is 0 Å². The fourth-order valence-electron chi connectivity index (χ4n) is 14.3. The van der Waals surface area contributed by atoms with Crippen molar-refractivity contribution in [2.45, 2.75) is 65.1 Å². The first-order chi connectivity index (χ1) is 54.6. The van der Waals surface area contributed by atoms with Crippen LogP contribution in [0.2, 0.25) is 0 Å². The molecule has 568 valence electrons. The molecule has 0 spiro atoms. The fourth-order valence-corrected chi connectivity index (χ4v) is 14.3. The molecule has 1 N–H and O–H groups in total. The van der Waals surface area contributed by atoms with Crippen molar-refractivity contribution in [3.8, 4) is 29.1 Å². The zero-order valence-electron chi connectivity index (χ0n) is 64.8. The third-order valence-corrected chi connectivity index (χ3v) is 20.0. The molecule has 0 radical (unpaired) electrons. The molecule has 11 nitrogen and oxygen atoms in total. The molecular formula is C100H103NO10. The van der Waals surface area contributed by atoms with Gasteiger partial charge in [0, 0.05) is 5.69 Å². The van der Waals surface area contributed by atoms with Crippen molar-refractivity contribution in [3.05, 3.63) is 392 Å². The summed E-state index contributed by atoms with van der Waals surface area (Å²) in [7, 11) is 0. The second-order valence-corrected chi connectivity index (χ2v) is 27.9. The lowest BCUT2D eigenvalue weighted by Gasteiger charge is -2.37. The first-order valence-electron chi connectivity index (χ1n) is 38.7. The molecule has 0 aromatic heterocycles.